The smallest absolute Gasteiger partial charge is 0.223 e. The van der Waals surface area contributed by atoms with Crippen LogP contribution in [0.2, 0.25) is 5.15 Å². The molecular weight excluding hydrogens is 322 g/mol. The molecule has 6 heteroatoms. The lowest BCUT2D eigenvalue weighted by molar-refractivity contribution is 0.317. The molecule has 2 aromatic rings. The van der Waals surface area contributed by atoms with Gasteiger partial charge in [-0.25, -0.2) is 4.98 Å². The monoisotopic (exact) mass is 345 g/mol. The number of aromatic nitrogens is 2. The van der Waals surface area contributed by atoms with Crippen LogP contribution in [-0.4, -0.2) is 41.0 Å². The molecule has 1 aliphatic heterocycles. The SMILES string of the molecule is CCN(CC1CCN(Cc2ccccc2)C1)c1cc(Cl)nc(N)n1. The highest BCUT2D eigenvalue weighted by Crippen LogP contribution is 2.23. The van der Waals surface area contributed by atoms with E-state index in [0.717, 1.165) is 38.5 Å². The van der Waals surface area contributed by atoms with Crippen molar-refractivity contribution >= 4 is 23.4 Å². The highest BCUT2D eigenvalue weighted by molar-refractivity contribution is 6.29. The Hall–Kier alpha value is -1.85. The zero-order chi connectivity index (χ0) is 16.9. The molecule has 1 unspecified atom stereocenters. The second kappa shape index (κ2) is 7.81. The summed E-state index contributed by atoms with van der Waals surface area (Å²) in [6.45, 7) is 7.25. The average molecular weight is 346 g/mol. The minimum atomic E-state index is 0.230. The van der Waals surface area contributed by atoms with Crippen LogP contribution in [0.5, 0.6) is 0 Å². The van der Waals surface area contributed by atoms with Crippen molar-refractivity contribution < 1.29 is 0 Å². The third-order valence-electron chi connectivity index (χ3n) is 4.50. The predicted octanol–water partition coefficient (Wildman–Crippen LogP) is 3.06. The van der Waals surface area contributed by atoms with E-state index in [1.54, 1.807) is 6.07 Å². The molecule has 128 valence electrons. The number of anilines is 2. The summed E-state index contributed by atoms with van der Waals surface area (Å²) < 4.78 is 0. The zero-order valence-electron chi connectivity index (χ0n) is 14.0. The Kier molecular flexibility index (Phi) is 5.53. The first-order chi connectivity index (χ1) is 11.6. The Bertz CT molecular complexity index is 643. The third-order valence-corrected chi connectivity index (χ3v) is 4.70. The Labute approximate surface area is 148 Å². The Balaban J connectivity index is 1.59. The summed E-state index contributed by atoms with van der Waals surface area (Å²) in [6, 6.07) is 12.4. The van der Waals surface area contributed by atoms with Crippen molar-refractivity contribution in [3.8, 4) is 0 Å². The van der Waals surface area contributed by atoms with Gasteiger partial charge in [0.05, 0.1) is 0 Å². The number of halogens is 1. The predicted molar refractivity (Wildman–Crippen MR) is 99.2 cm³/mol. The Morgan fingerprint density at radius 2 is 2.08 bits per heavy atom. The van der Waals surface area contributed by atoms with E-state index in [1.807, 2.05) is 0 Å². The fourth-order valence-electron chi connectivity index (χ4n) is 3.33. The fourth-order valence-corrected chi connectivity index (χ4v) is 3.51. The standard InChI is InChI=1S/C18H24ClN5/c1-2-24(17-10-16(19)21-18(20)22-17)13-15-8-9-23(12-15)11-14-6-4-3-5-7-14/h3-7,10,15H,2,8-9,11-13H2,1H3,(H2,20,21,22). The summed E-state index contributed by atoms with van der Waals surface area (Å²) >= 11 is 6.02. The number of benzene rings is 1. The van der Waals surface area contributed by atoms with Crippen LogP contribution >= 0.6 is 11.6 Å². The van der Waals surface area contributed by atoms with E-state index in [1.165, 1.54) is 12.0 Å². The largest absolute Gasteiger partial charge is 0.368 e. The second-order valence-electron chi connectivity index (χ2n) is 6.32. The van der Waals surface area contributed by atoms with Gasteiger partial charge >= 0.3 is 0 Å². The van der Waals surface area contributed by atoms with E-state index >= 15 is 0 Å². The summed E-state index contributed by atoms with van der Waals surface area (Å²) in [5.41, 5.74) is 7.10. The number of nitrogens with zero attached hydrogens (tertiary/aromatic N) is 4. The number of likely N-dealkylation sites (tertiary alicyclic amines) is 1. The lowest BCUT2D eigenvalue weighted by atomic mass is 10.1. The van der Waals surface area contributed by atoms with E-state index in [2.05, 4.69) is 57.0 Å². The number of rotatable bonds is 6. The molecule has 1 saturated heterocycles. The summed E-state index contributed by atoms with van der Waals surface area (Å²) in [7, 11) is 0. The van der Waals surface area contributed by atoms with E-state index in [-0.39, 0.29) is 5.95 Å². The van der Waals surface area contributed by atoms with Gasteiger partial charge in [-0.3, -0.25) is 4.90 Å². The lowest BCUT2D eigenvalue weighted by Crippen LogP contribution is -2.32. The minimum absolute atomic E-state index is 0.230. The van der Waals surface area contributed by atoms with Crippen LogP contribution in [0.25, 0.3) is 0 Å². The first-order valence-corrected chi connectivity index (χ1v) is 8.83. The zero-order valence-corrected chi connectivity index (χ0v) is 14.8. The second-order valence-corrected chi connectivity index (χ2v) is 6.71. The topological polar surface area (TPSA) is 58.3 Å². The molecule has 2 heterocycles. The average Bonchev–Trinajstić information content (AvgIpc) is 2.99. The normalized spacial score (nSPS) is 18.0. The number of hydrogen-bond acceptors (Lipinski definition) is 5. The molecule has 2 N–H and O–H groups in total. The molecule has 0 radical (unpaired) electrons. The molecule has 5 nitrogen and oxygen atoms in total. The van der Waals surface area contributed by atoms with Crippen LogP contribution in [0.1, 0.15) is 18.9 Å². The number of nitrogen functional groups attached to an aromatic ring is 1. The van der Waals surface area contributed by atoms with E-state index in [0.29, 0.717) is 11.1 Å². The molecule has 1 atom stereocenters. The van der Waals surface area contributed by atoms with Crippen LogP contribution in [-0.2, 0) is 6.54 Å². The van der Waals surface area contributed by atoms with Crippen LogP contribution in [0.15, 0.2) is 36.4 Å². The van der Waals surface area contributed by atoms with Gasteiger partial charge in [-0.15, -0.1) is 0 Å². The first-order valence-electron chi connectivity index (χ1n) is 8.45. The third kappa shape index (κ3) is 4.36. The van der Waals surface area contributed by atoms with Gasteiger partial charge in [0.1, 0.15) is 11.0 Å². The molecule has 1 aromatic carbocycles. The number of nitrogens with two attached hydrogens (primary N) is 1. The minimum Gasteiger partial charge on any atom is -0.368 e. The highest BCUT2D eigenvalue weighted by atomic mass is 35.5. The van der Waals surface area contributed by atoms with Crippen molar-refractivity contribution in [2.75, 3.05) is 36.8 Å². The summed E-state index contributed by atoms with van der Waals surface area (Å²) in [4.78, 5) is 13.0. The van der Waals surface area contributed by atoms with Crippen molar-refractivity contribution in [1.29, 1.82) is 0 Å². The quantitative estimate of drug-likeness (QED) is 0.815. The summed E-state index contributed by atoms with van der Waals surface area (Å²) in [5.74, 6) is 1.67. The summed E-state index contributed by atoms with van der Waals surface area (Å²) in [6.07, 6.45) is 1.21. The van der Waals surface area contributed by atoms with Gasteiger partial charge < -0.3 is 10.6 Å². The van der Waals surface area contributed by atoms with Crippen LogP contribution in [0, 0.1) is 5.92 Å². The van der Waals surface area contributed by atoms with Crippen molar-refractivity contribution in [3.63, 3.8) is 0 Å². The molecule has 24 heavy (non-hydrogen) atoms. The molecule has 0 saturated carbocycles. The molecule has 3 rings (SSSR count). The molecule has 0 aliphatic carbocycles. The maximum atomic E-state index is 6.02. The molecule has 1 fully saturated rings. The maximum Gasteiger partial charge on any atom is 0.223 e. The molecule has 1 aromatic heterocycles. The first kappa shape index (κ1) is 17.0. The van der Waals surface area contributed by atoms with Gasteiger partial charge in [0.2, 0.25) is 5.95 Å². The maximum absolute atomic E-state index is 6.02. The van der Waals surface area contributed by atoms with Gasteiger partial charge in [0.25, 0.3) is 0 Å². The van der Waals surface area contributed by atoms with Crippen LogP contribution < -0.4 is 10.6 Å². The molecule has 1 aliphatic rings. The van der Waals surface area contributed by atoms with Gasteiger partial charge in [-0.1, -0.05) is 41.9 Å². The van der Waals surface area contributed by atoms with Crippen molar-refractivity contribution in [3.05, 3.63) is 47.1 Å². The molecule has 0 amide bonds. The Morgan fingerprint density at radius 1 is 1.29 bits per heavy atom. The highest BCUT2D eigenvalue weighted by Gasteiger charge is 2.24. The Morgan fingerprint density at radius 3 is 2.79 bits per heavy atom. The fraction of sp³-hybridized carbons (Fsp3) is 0.444. The van der Waals surface area contributed by atoms with Gasteiger partial charge in [0, 0.05) is 32.2 Å². The molecular formula is C18H24ClN5. The molecule has 0 bridgehead atoms. The van der Waals surface area contributed by atoms with Crippen LogP contribution in [0.4, 0.5) is 11.8 Å². The van der Waals surface area contributed by atoms with Crippen LogP contribution in [0.3, 0.4) is 0 Å². The number of hydrogen-bond donors (Lipinski definition) is 1. The van der Waals surface area contributed by atoms with E-state index < -0.39 is 0 Å². The molecule has 0 spiro atoms. The van der Waals surface area contributed by atoms with Crippen molar-refractivity contribution in [2.24, 2.45) is 5.92 Å². The van der Waals surface area contributed by atoms with Gasteiger partial charge in [0.15, 0.2) is 0 Å². The van der Waals surface area contributed by atoms with Crippen molar-refractivity contribution in [1.82, 2.24) is 14.9 Å². The van der Waals surface area contributed by atoms with Crippen molar-refractivity contribution in [2.45, 2.75) is 19.9 Å². The lowest BCUT2D eigenvalue weighted by Gasteiger charge is -2.25. The van der Waals surface area contributed by atoms with E-state index in [4.69, 9.17) is 17.3 Å². The van der Waals surface area contributed by atoms with Gasteiger partial charge in [-0.05, 0) is 31.4 Å². The van der Waals surface area contributed by atoms with E-state index in [9.17, 15) is 0 Å². The summed E-state index contributed by atoms with van der Waals surface area (Å²) in [5, 5.41) is 0.396. The van der Waals surface area contributed by atoms with Gasteiger partial charge in [-0.2, -0.15) is 4.98 Å².